The van der Waals surface area contributed by atoms with E-state index < -0.39 is 0 Å². The first-order valence-corrected chi connectivity index (χ1v) is 11.7. The van der Waals surface area contributed by atoms with Gasteiger partial charge in [-0.15, -0.1) is 0 Å². The number of hydrogen-bond donors (Lipinski definition) is 1. The zero-order chi connectivity index (χ0) is 21.9. The highest BCUT2D eigenvalue weighted by Crippen LogP contribution is 2.32. The number of nitrogens with zero attached hydrogens (tertiary/aromatic N) is 1. The van der Waals surface area contributed by atoms with Crippen LogP contribution in [0.25, 0.3) is 0 Å². The lowest BCUT2D eigenvalue weighted by Gasteiger charge is -2.21. The summed E-state index contributed by atoms with van der Waals surface area (Å²) in [5.74, 6) is 2.58. The van der Waals surface area contributed by atoms with Gasteiger partial charge in [0, 0.05) is 17.5 Å². The second-order valence-electron chi connectivity index (χ2n) is 9.12. The van der Waals surface area contributed by atoms with Crippen molar-refractivity contribution in [2.24, 2.45) is 5.92 Å². The lowest BCUT2D eigenvalue weighted by atomic mass is 9.84. The molecule has 1 saturated carbocycles. The molecule has 4 nitrogen and oxygen atoms in total. The molecule has 1 unspecified atom stereocenters. The number of nitrogens with two attached hydrogens (primary N) is 1. The van der Waals surface area contributed by atoms with E-state index >= 15 is 0 Å². The molecule has 2 N–H and O–H groups in total. The van der Waals surface area contributed by atoms with E-state index in [1.807, 2.05) is 18.2 Å². The van der Waals surface area contributed by atoms with Crippen LogP contribution < -0.4 is 5.73 Å². The molecular weight excluding hydrogens is 372 g/mol. The number of rotatable bonds is 8. The third-order valence-corrected chi connectivity index (χ3v) is 6.09. The summed E-state index contributed by atoms with van der Waals surface area (Å²) in [7, 11) is 0. The number of carbonyl (C=O) groups excluding carboxylic acids is 1. The van der Waals surface area contributed by atoms with E-state index in [4.69, 9.17) is 10.3 Å². The van der Waals surface area contributed by atoms with E-state index in [0.29, 0.717) is 11.8 Å². The minimum absolute atomic E-state index is 0.158. The summed E-state index contributed by atoms with van der Waals surface area (Å²) in [5, 5.41) is 4.01. The zero-order valence-corrected chi connectivity index (χ0v) is 19.3. The Balaban J connectivity index is 0.000000214. The molecule has 1 aliphatic carbocycles. The van der Waals surface area contributed by atoms with Crippen molar-refractivity contribution in [2.45, 2.75) is 97.3 Å². The molecule has 0 saturated heterocycles. The summed E-state index contributed by atoms with van der Waals surface area (Å²) >= 11 is 0. The number of ketones is 1. The largest absolute Gasteiger partial charge is 0.368 e. The van der Waals surface area contributed by atoms with Gasteiger partial charge in [-0.3, -0.25) is 4.79 Å². The zero-order valence-electron chi connectivity index (χ0n) is 19.3. The average molecular weight is 413 g/mol. The summed E-state index contributed by atoms with van der Waals surface area (Å²) in [6.45, 7) is 8.32. The van der Waals surface area contributed by atoms with Crippen molar-refractivity contribution in [3.8, 4) is 0 Å². The third kappa shape index (κ3) is 7.97. The van der Waals surface area contributed by atoms with Crippen molar-refractivity contribution in [3.63, 3.8) is 0 Å². The Morgan fingerprint density at radius 3 is 2.27 bits per heavy atom. The third-order valence-electron chi connectivity index (χ3n) is 6.09. The molecule has 0 aliphatic heterocycles. The summed E-state index contributed by atoms with van der Waals surface area (Å²) in [6, 6.07) is 10.1. The molecule has 2 aromatic rings. The highest BCUT2D eigenvalue weighted by molar-refractivity contribution is 5.94. The second kappa shape index (κ2) is 12.6. The monoisotopic (exact) mass is 412 g/mol. The maximum absolute atomic E-state index is 11.1. The van der Waals surface area contributed by atoms with Gasteiger partial charge in [-0.25, -0.2) is 0 Å². The fourth-order valence-corrected chi connectivity index (χ4v) is 4.25. The Labute approximate surface area is 182 Å². The van der Waals surface area contributed by atoms with Crippen molar-refractivity contribution in [1.82, 2.24) is 5.16 Å². The molecule has 0 spiro atoms. The van der Waals surface area contributed by atoms with Crippen LogP contribution in [-0.2, 0) is 0 Å². The highest BCUT2D eigenvalue weighted by atomic mass is 16.5. The molecule has 1 heterocycles. The van der Waals surface area contributed by atoms with Gasteiger partial charge in [0.2, 0.25) is 5.88 Å². The van der Waals surface area contributed by atoms with Crippen molar-refractivity contribution in [1.29, 1.82) is 0 Å². The molecule has 3 rings (SSSR count). The number of benzene rings is 1. The van der Waals surface area contributed by atoms with Crippen LogP contribution in [0, 0.1) is 5.92 Å². The van der Waals surface area contributed by atoms with Gasteiger partial charge in [-0.05, 0) is 50.0 Å². The number of hydrogen-bond acceptors (Lipinski definition) is 4. The maximum atomic E-state index is 11.1. The topological polar surface area (TPSA) is 69.1 Å². The number of nitrogen functional groups attached to an aromatic ring is 1. The summed E-state index contributed by atoms with van der Waals surface area (Å²) in [4.78, 5) is 11.1. The predicted octanol–water partition coefficient (Wildman–Crippen LogP) is 7.51. The number of carbonyl (C=O) groups is 1. The van der Waals surface area contributed by atoms with Crippen LogP contribution in [-0.4, -0.2) is 10.9 Å². The molecule has 0 radical (unpaired) electrons. The molecule has 1 fully saturated rings. The van der Waals surface area contributed by atoms with Crippen LogP contribution in [0.15, 0.2) is 34.9 Å². The Morgan fingerprint density at radius 1 is 1.10 bits per heavy atom. The number of aromatic nitrogens is 1. The first-order valence-electron chi connectivity index (χ1n) is 11.7. The Morgan fingerprint density at radius 2 is 1.77 bits per heavy atom. The van der Waals surface area contributed by atoms with Gasteiger partial charge in [-0.1, -0.05) is 82.3 Å². The highest BCUT2D eigenvalue weighted by Gasteiger charge is 2.16. The molecule has 0 bridgehead atoms. The van der Waals surface area contributed by atoms with Crippen LogP contribution in [0.2, 0.25) is 0 Å². The SMILES string of the molecule is CC(=O)c1ccc(C2CCCCC2)cc1.CCCC(CCC(C)C)c1cc(N)on1. The minimum Gasteiger partial charge on any atom is -0.368 e. The van der Waals surface area contributed by atoms with E-state index in [1.54, 1.807) is 6.92 Å². The van der Waals surface area contributed by atoms with E-state index in [9.17, 15) is 4.79 Å². The van der Waals surface area contributed by atoms with Crippen LogP contribution in [0.4, 0.5) is 5.88 Å². The van der Waals surface area contributed by atoms with Gasteiger partial charge in [0.15, 0.2) is 5.78 Å². The van der Waals surface area contributed by atoms with Crippen LogP contribution in [0.3, 0.4) is 0 Å². The summed E-state index contributed by atoms with van der Waals surface area (Å²) in [6.07, 6.45) is 11.5. The van der Waals surface area contributed by atoms with Crippen molar-refractivity contribution < 1.29 is 9.32 Å². The molecule has 1 aliphatic rings. The van der Waals surface area contributed by atoms with Gasteiger partial charge >= 0.3 is 0 Å². The van der Waals surface area contributed by atoms with Crippen LogP contribution in [0.1, 0.15) is 119 Å². The van der Waals surface area contributed by atoms with Gasteiger partial charge in [-0.2, -0.15) is 0 Å². The van der Waals surface area contributed by atoms with Crippen molar-refractivity contribution >= 4 is 11.7 Å². The maximum Gasteiger partial charge on any atom is 0.222 e. The van der Waals surface area contributed by atoms with Gasteiger partial charge in [0.1, 0.15) is 0 Å². The van der Waals surface area contributed by atoms with E-state index in [-0.39, 0.29) is 5.78 Å². The van der Waals surface area contributed by atoms with E-state index in [2.05, 4.69) is 38.1 Å². The van der Waals surface area contributed by atoms with Crippen LogP contribution in [0.5, 0.6) is 0 Å². The fourth-order valence-electron chi connectivity index (χ4n) is 4.25. The summed E-state index contributed by atoms with van der Waals surface area (Å²) in [5.41, 5.74) is 8.81. The lowest BCUT2D eigenvalue weighted by Crippen LogP contribution is -2.04. The minimum atomic E-state index is 0.158. The smallest absolute Gasteiger partial charge is 0.222 e. The van der Waals surface area contributed by atoms with E-state index in [0.717, 1.165) is 23.1 Å². The Kier molecular flexibility index (Phi) is 10.1. The van der Waals surface area contributed by atoms with Crippen molar-refractivity contribution in [3.05, 3.63) is 47.2 Å². The number of anilines is 1. The van der Waals surface area contributed by atoms with E-state index in [1.165, 1.54) is 63.4 Å². The van der Waals surface area contributed by atoms with Crippen molar-refractivity contribution in [2.75, 3.05) is 5.73 Å². The first kappa shape index (κ1) is 24.2. The van der Waals surface area contributed by atoms with Gasteiger partial charge in [0.25, 0.3) is 0 Å². The number of Topliss-reactive ketones (excluding diaryl/α,β-unsaturated/α-hetero) is 1. The summed E-state index contributed by atoms with van der Waals surface area (Å²) < 4.78 is 4.93. The fraction of sp³-hybridized carbons (Fsp3) is 0.615. The second-order valence-corrected chi connectivity index (χ2v) is 9.12. The quantitative estimate of drug-likeness (QED) is 0.455. The predicted molar refractivity (Wildman–Crippen MR) is 125 cm³/mol. The lowest BCUT2D eigenvalue weighted by molar-refractivity contribution is 0.101. The normalized spacial score (nSPS) is 15.5. The van der Waals surface area contributed by atoms with Gasteiger partial charge < -0.3 is 10.3 Å². The standard InChI is InChI=1S/C14H18O.C12H22N2O/c1-11(15)12-7-9-14(10-8-12)13-5-3-2-4-6-13;1-4-5-10(7-6-9(2)3)11-8-12(13)15-14-11/h7-10,13H,2-6H2,1H3;8-10H,4-7,13H2,1-3H3. The van der Waals surface area contributed by atoms with Gasteiger partial charge in [0.05, 0.1) is 5.69 Å². The molecule has 166 valence electrons. The molecule has 1 atom stereocenters. The molecule has 1 aromatic heterocycles. The average Bonchev–Trinajstić information content (AvgIpc) is 3.18. The molecular formula is C26H40N2O2. The molecule has 30 heavy (non-hydrogen) atoms. The first-order chi connectivity index (χ1) is 14.4. The Hall–Kier alpha value is -2.10. The Bertz CT molecular complexity index is 743. The molecule has 4 heteroatoms. The molecule has 0 amide bonds. The molecule has 1 aromatic carbocycles. The van der Waals surface area contributed by atoms with Crippen LogP contribution >= 0.6 is 0 Å².